The fourth-order valence-corrected chi connectivity index (χ4v) is 0.191. The van der Waals surface area contributed by atoms with Crippen molar-refractivity contribution in [3.63, 3.8) is 0 Å². The lowest BCUT2D eigenvalue weighted by molar-refractivity contribution is 0.560. The van der Waals surface area contributed by atoms with Crippen LogP contribution >= 0.6 is 0 Å². The van der Waals surface area contributed by atoms with Crippen LogP contribution in [0.25, 0.3) is 0 Å². The highest BCUT2D eigenvalue weighted by atomic mass is 16.1. The van der Waals surface area contributed by atoms with Gasteiger partial charge in [0.25, 0.3) is 0 Å². The third-order valence-electron chi connectivity index (χ3n) is 0.453. The molecule has 0 bridgehead atoms. The van der Waals surface area contributed by atoms with Crippen molar-refractivity contribution in [2.75, 3.05) is 13.1 Å². The third kappa shape index (κ3) is 15.9. The van der Waals surface area contributed by atoms with E-state index in [1.165, 1.54) is 12.2 Å². The lowest BCUT2D eigenvalue weighted by Crippen LogP contribution is -2.02. The summed E-state index contributed by atoms with van der Waals surface area (Å²) in [5.41, 5.74) is 0. The molecule has 0 rings (SSSR count). The second-order valence-electron chi connectivity index (χ2n) is 0.946. The SMILES string of the molecule is NN.O=C=NCCN=C=O. The van der Waals surface area contributed by atoms with Crippen LogP contribution < -0.4 is 11.7 Å². The van der Waals surface area contributed by atoms with Crippen LogP contribution in [0.1, 0.15) is 0 Å². The molecule has 0 amide bonds. The van der Waals surface area contributed by atoms with Gasteiger partial charge in [-0.25, -0.2) is 19.6 Å². The van der Waals surface area contributed by atoms with Crippen LogP contribution in [0.2, 0.25) is 0 Å². The molecule has 56 valence electrons. The summed E-state index contributed by atoms with van der Waals surface area (Å²) in [6.45, 7) is 0.442. The number of isocyanates is 2. The number of nitrogens with two attached hydrogens (primary N) is 2. The average molecular weight is 144 g/mol. The molecule has 4 N–H and O–H groups in total. The van der Waals surface area contributed by atoms with Crippen molar-refractivity contribution in [1.82, 2.24) is 0 Å². The normalized spacial score (nSPS) is 5.80. The number of rotatable bonds is 3. The maximum atomic E-state index is 9.34. The zero-order valence-electron chi connectivity index (χ0n) is 5.28. The Hall–Kier alpha value is -1.32. The smallest absolute Gasteiger partial charge is 0.235 e. The van der Waals surface area contributed by atoms with E-state index < -0.39 is 0 Å². The van der Waals surface area contributed by atoms with Gasteiger partial charge in [0.05, 0.1) is 13.1 Å². The number of hydrogen-bond donors (Lipinski definition) is 2. The van der Waals surface area contributed by atoms with E-state index in [-0.39, 0.29) is 13.1 Å². The van der Waals surface area contributed by atoms with Gasteiger partial charge < -0.3 is 0 Å². The largest absolute Gasteiger partial charge is 0.274 e. The highest BCUT2D eigenvalue weighted by Gasteiger charge is 1.73. The Morgan fingerprint density at radius 1 is 1.00 bits per heavy atom. The molecule has 0 unspecified atom stereocenters. The van der Waals surface area contributed by atoms with Crippen LogP contribution in [0.5, 0.6) is 0 Å². The lowest BCUT2D eigenvalue weighted by Gasteiger charge is -1.74. The first kappa shape index (κ1) is 11.5. The lowest BCUT2D eigenvalue weighted by atomic mass is 10.7. The Morgan fingerprint density at radius 3 is 1.50 bits per heavy atom. The molecule has 0 aliphatic heterocycles. The topological polar surface area (TPSA) is 111 Å². The molecule has 0 heterocycles. The molecular formula is C4H8N4O2. The monoisotopic (exact) mass is 144 g/mol. The Kier molecular flexibility index (Phi) is 18.0. The molecular weight excluding hydrogens is 136 g/mol. The summed E-state index contributed by atoms with van der Waals surface area (Å²) in [5, 5.41) is 0. The van der Waals surface area contributed by atoms with E-state index in [1.807, 2.05) is 0 Å². The van der Waals surface area contributed by atoms with E-state index >= 15 is 0 Å². The predicted octanol–water partition coefficient (Wildman–Crippen LogP) is -1.52. The number of hydrazine groups is 1. The highest BCUT2D eigenvalue weighted by Crippen LogP contribution is 1.66. The van der Waals surface area contributed by atoms with Gasteiger partial charge in [-0.1, -0.05) is 0 Å². The second-order valence-corrected chi connectivity index (χ2v) is 0.946. The minimum Gasteiger partial charge on any atom is -0.274 e. The summed E-state index contributed by atoms with van der Waals surface area (Å²) in [4.78, 5) is 24.9. The van der Waals surface area contributed by atoms with Gasteiger partial charge in [0.1, 0.15) is 0 Å². The van der Waals surface area contributed by atoms with Gasteiger partial charge in [0, 0.05) is 0 Å². The Labute approximate surface area is 57.6 Å². The molecule has 0 saturated heterocycles. The van der Waals surface area contributed by atoms with E-state index in [4.69, 9.17) is 0 Å². The van der Waals surface area contributed by atoms with Gasteiger partial charge in [0.2, 0.25) is 12.2 Å². The maximum absolute atomic E-state index is 9.34. The van der Waals surface area contributed by atoms with Crippen molar-refractivity contribution in [1.29, 1.82) is 0 Å². The molecule has 0 aromatic rings. The summed E-state index contributed by atoms with van der Waals surface area (Å²) in [7, 11) is 0. The van der Waals surface area contributed by atoms with Gasteiger partial charge in [-0.05, 0) is 0 Å². The van der Waals surface area contributed by atoms with Crippen LogP contribution in [-0.2, 0) is 9.59 Å². The average Bonchev–Trinajstić information content (AvgIpc) is 2.02. The van der Waals surface area contributed by atoms with Crippen molar-refractivity contribution in [3.8, 4) is 0 Å². The van der Waals surface area contributed by atoms with E-state index in [0.29, 0.717) is 0 Å². The van der Waals surface area contributed by atoms with Crippen molar-refractivity contribution in [2.45, 2.75) is 0 Å². The summed E-state index contributed by atoms with van der Waals surface area (Å²) in [6.07, 6.45) is 2.62. The molecule has 10 heavy (non-hydrogen) atoms. The minimum absolute atomic E-state index is 0.221. The van der Waals surface area contributed by atoms with Gasteiger partial charge in [-0.2, -0.15) is 0 Å². The maximum Gasteiger partial charge on any atom is 0.235 e. The molecule has 6 heteroatoms. The molecule has 6 nitrogen and oxygen atoms in total. The summed E-state index contributed by atoms with van der Waals surface area (Å²) in [5.74, 6) is 8.00. The molecule has 0 radical (unpaired) electrons. The van der Waals surface area contributed by atoms with E-state index in [9.17, 15) is 9.59 Å². The van der Waals surface area contributed by atoms with Crippen molar-refractivity contribution < 1.29 is 9.59 Å². The molecule has 0 aliphatic carbocycles. The molecule has 0 spiro atoms. The quantitative estimate of drug-likeness (QED) is 0.165. The fraction of sp³-hybridized carbons (Fsp3) is 0.500. The first-order chi connectivity index (χ1) is 4.91. The van der Waals surface area contributed by atoms with E-state index in [2.05, 4.69) is 21.7 Å². The third-order valence-corrected chi connectivity index (χ3v) is 0.453. The number of carbonyl (C=O) groups excluding carboxylic acids is 2. The van der Waals surface area contributed by atoms with Crippen LogP contribution in [0, 0.1) is 0 Å². The van der Waals surface area contributed by atoms with Crippen LogP contribution in [-0.4, -0.2) is 25.2 Å². The van der Waals surface area contributed by atoms with Crippen molar-refractivity contribution in [2.24, 2.45) is 21.7 Å². The number of nitrogens with zero attached hydrogens (tertiary/aromatic N) is 2. The number of hydrogen-bond acceptors (Lipinski definition) is 6. The molecule has 0 saturated carbocycles. The van der Waals surface area contributed by atoms with Crippen molar-refractivity contribution >= 4 is 12.2 Å². The van der Waals surface area contributed by atoms with E-state index in [1.54, 1.807) is 0 Å². The zero-order chi connectivity index (χ0) is 8.24. The molecule has 0 atom stereocenters. The van der Waals surface area contributed by atoms with Gasteiger partial charge in [-0.3, -0.25) is 11.7 Å². The minimum atomic E-state index is 0.221. The number of aliphatic imine (C=N–C) groups is 2. The summed E-state index contributed by atoms with van der Waals surface area (Å²) >= 11 is 0. The van der Waals surface area contributed by atoms with Gasteiger partial charge >= 0.3 is 0 Å². The van der Waals surface area contributed by atoms with Crippen LogP contribution in [0.4, 0.5) is 0 Å². The molecule has 0 aromatic heterocycles. The van der Waals surface area contributed by atoms with Crippen LogP contribution in [0.15, 0.2) is 9.98 Å². The molecule has 0 aliphatic rings. The molecule has 0 fully saturated rings. The second kappa shape index (κ2) is 15.6. The predicted molar refractivity (Wildman–Crippen MR) is 34.4 cm³/mol. The summed E-state index contributed by atoms with van der Waals surface area (Å²) in [6, 6.07) is 0. The van der Waals surface area contributed by atoms with Crippen LogP contribution in [0.3, 0.4) is 0 Å². The van der Waals surface area contributed by atoms with Gasteiger partial charge in [0.15, 0.2) is 0 Å². The molecule has 0 aromatic carbocycles. The Balaban J connectivity index is 0. The summed E-state index contributed by atoms with van der Waals surface area (Å²) < 4.78 is 0. The Morgan fingerprint density at radius 2 is 1.30 bits per heavy atom. The highest BCUT2D eigenvalue weighted by molar-refractivity contribution is 5.34. The standard InChI is InChI=1S/C4H4N2O2.H4N2/c7-3-5-1-2-6-4-8;1-2/h1-2H2;1-2H2. The first-order valence-electron chi connectivity index (χ1n) is 2.32. The fourth-order valence-electron chi connectivity index (χ4n) is 0.191. The first-order valence-corrected chi connectivity index (χ1v) is 2.32. The van der Waals surface area contributed by atoms with E-state index in [0.717, 1.165) is 0 Å². The van der Waals surface area contributed by atoms with Crippen molar-refractivity contribution in [3.05, 3.63) is 0 Å². The zero-order valence-corrected chi connectivity index (χ0v) is 5.28. The Bertz CT molecular complexity index is 127. The van der Waals surface area contributed by atoms with Gasteiger partial charge in [-0.15, -0.1) is 0 Å².